The summed E-state index contributed by atoms with van der Waals surface area (Å²) in [5.41, 5.74) is 2.45. The number of aryl methyl sites for hydroxylation is 1. The molecule has 1 fully saturated rings. The van der Waals surface area contributed by atoms with Crippen LogP contribution < -0.4 is 4.74 Å². The Hall–Kier alpha value is -1.31. The molecule has 1 aliphatic heterocycles. The fourth-order valence-electron chi connectivity index (χ4n) is 2.35. The highest BCUT2D eigenvalue weighted by Gasteiger charge is 2.33. The number of hydrogen-bond acceptors (Lipinski definition) is 2. The van der Waals surface area contributed by atoms with Crippen LogP contribution in [0, 0.1) is 12.8 Å². The van der Waals surface area contributed by atoms with E-state index in [0.29, 0.717) is 5.92 Å². The van der Waals surface area contributed by atoms with Crippen molar-refractivity contribution in [1.29, 1.82) is 0 Å². The van der Waals surface area contributed by atoms with Gasteiger partial charge in [-0.15, -0.1) is 0 Å². The predicted octanol–water partition coefficient (Wildman–Crippen LogP) is 2.67. The van der Waals surface area contributed by atoms with Crippen LogP contribution in [-0.4, -0.2) is 11.9 Å². The molecule has 1 unspecified atom stereocenters. The van der Waals surface area contributed by atoms with E-state index >= 15 is 0 Å². The van der Waals surface area contributed by atoms with Gasteiger partial charge >= 0.3 is 0 Å². The molecule has 0 amide bonds. The highest BCUT2D eigenvalue weighted by atomic mass is 16.5. The van der Waals surface area contributed by atoms with Crippen LogP contribution in [0.25, 0.3) is 0 Å². The molecule has 3 rings (SSSR count). The average Bonchev–Trinajstić information content (AvgIpc) is 2.95. The van der Waals surface area contributed by atoms with Crippen LogP contribution in [0.4, 0.5) is 0 Å². The summed E-state index contributed by atoms with van der Waals surface area (Å²) in [5.74, 6) is 1.85. The molecule has 84 valence electrons. The summed E-state index contributed by atoms with van der Waals surface area (Å²) in [4.78, 5) is 12.0. The van der Waals surface area contributed by atoms with E-state index in [4.69, 9.17) is 4.74 Å². The third-order valence-electron chi connectivity index (χ3n) is 3.57. The Kier molecular flexibility index (Phi) is 2.23. The Morgan fingerprint density at radius 3 is 2.94 bits per heavy atom. The molecule has 1 atom stereocenters. The zero-order valence-corrected chi connectivity index (χ0v) is 9.53. The molecule has 0 spiro atoms. The van der Waals surface area contributed by atoms with Gasteiger partial charge in [-0.2, -0.15) is 0 Å². The number of hydrogen-bond donors (Lipinski definition) is 0. The Labute approximate surface area is 95.6 Å². The molecule has 1 aromatic rings. The van der Waals surface area contributed by atoms with Gasteiger partial charge in [0.25, 0.3) is 0 Å². The molecular formula is C14H16O2. The summed E-state index contributed by atoms with van der Waals surface area (Å²) in [6.45, 7) is 2.08. The lowest BCUT2D eigenvalue weighted by Gasteiger charge is -2.08. The number of ether oxygens (including phenoxy) is 1. The zero-order valence-electron chi connectivity index (χ0n) is 9.53. The van der Waals surface area contributed by atoms with Crippen LogP contribution in [-0.2, 0) is 11.2 Å². The quantitative estimate of drug-likeness (QED) is 0.776. The molecule has 1 aliphatic carbocycles. The normalized spacial score (nSPS) is 22.7. The Morgan fingerprint density at radius 1 is 1.44 bits per heavy atom. The van der Waals surface area contributed by atoms with E-state index in [9.17, 15) is 4.79 Å². The van der Waals surface area contributed by atoms with Crippen molar-refractivity contribution in [2.24, 2.45) is 5.92 Å². The number of Topliss-reactive ketones (excluding diaryl/α,β-unsaturated/α-hetero) is 1. The Morgan fingerprint density at radius 2 is 2.25 bits per heavy atom. The van der Waals surface area contributed by atoms with Crippen molar-refractivity contribution in [2.75, 3.05) is 0 Å². The third kappa shape index (κ3) is 1.73. The van der Waals surface area contributed by atoms with Gasteiger partial charge < -0.3 is 4.74 Å². The lowest BCUT2D eigenvalue weighted by atomic mass is 10.0. The van der Waals surface area contributed by atoms with E-state index in [1.165, 1.54) is 24.0 Å². The van der Waals surface area contributed by atoms with Crippen molar-refractivity contribution in [3.05, 3.63) is 29.3 Å². The molecule has 0 bridgehead atoms. The zero-order chi connectivity index (χ0) is 11.1. The average molecular weight is 216 g/mol. The summed E-state index contributed by atoms with van der Waals surface area (Å²) in [6, 6.07) is 6.03. The molecule has 1 aromatic carbocycles. The van der Waals surface area contributed by atoms with Gasteiger partial charge in [-0.25, -0.2) is 0 Å². The SMILES string of the molecule is Cc1cccc2c1CC(C(=O)CC1CC1)O2. The topological polar surface area (TPSA) is 26.3 Å². The molecule has 2 aliphatic rings. The first-order valence-corrected chi connectivity index (χ1v) is 6.02. The minimum atomic E-state index is -0.211. The van der Waals surface area contributed by atoms with E-state index in [1.54, 1.807) is 0 Å². The molecule has 1 saturated carbocycles. The number of carbonyl (C=O) groups is 1. The highest BCUT2D eigenvalue weighted by molar-refractivity contribution is 5.85. The second kappa shape index (κ2) is 3.62. The van der Waals surface area contributed by atoms with Gasteiger partial charge in [-0.3, -0.25) is 4.79 Å². The van der Waals surface area contributed by atoms with Crippen molar-refractivity contribution in [3.8, 4) is 5.75 Å². The van der Waals surface area contributed by atoms with E-state index in [2.05, 4.69) is 13.0 Å². The van der Waals surface area contributed by atoms with Crippen LogP contribution in [0.15, 0.2) is 18.2 Å². The van der Waals surface area contributed by atoms with E-state index in [1.807, 2.05) is 12.1 Å². The van der Waals surface area contributed by atoms with Crippen LogP contribution in [0.1, 0.15) is 30.4 Å². The number of rotatable bonds is 3. The first kappa shape index (κ1) is 9.88. The van der Waals surface area contributed by atoms with Crippen molar-refractivity contribution >= 4 is 5.78 Å². The second-order valence-electron chi connectivity index (χ2n) is 4.98. The van der Waals surface area contributed by atoms with Gasteiger partial charge in [0, 0.05) is 18.4 Å². The third-order valence-corrected chi connectivity index (χ3v) is 3.57. The summed E-state index contributed by atoms with van der Waals surface area (Å²) in [6.07, 6.45) is 3.73. The van der Waals surface area contributed by atoms with Crippen LogP contribution in [0.5, 0.6) is 5.75 Å². The summed E-state index contributed by atoms with van der Waals surface area (Å²) >= 11 is 0. The van der Waals surface area contributed by atoms with Crippen LogP contribution in [0.3, 0.4) is 0 Å². The van der Waals surface area contributed by atoms with E-state index in [0.717, 1.165) is 18.6 Å². The van der Waals surface area contributed by atoms with Crippen molar-refractivity contribution in [1.82, 2.24) is 0 Å². The fourth-order valence-corrected chi connectivity index (χ4v) is 2.35. The van der Waals surface area contributed by atoms with Gasteiger partial charge in [0.2, 0.25) is 0 Å². The summed E-state index contributed by atoms with van der Waals surface area (Å²) in [5, 5.41) is 0. The number of carbonyl (C=O) groups excluding carboxylic acids is 1. The maximum atomic E-state index is 12.0. The first-order chi connectivity index (χ1) is 7.74. The smallest absolute Gasteiger partial charge is 0.173 e. The molecule has 0 N–H and O–H groups in total. The van der Waals surface area contributed by atoms with Gasteiger partial charge in [0.1, 0.15) is 5.75 Å². The molecule has 2 nitrogen and oxygen atoms in total. The highest BCUT2D eigenvalue weighted by Crippen LogP contribution is 2.36. The van der Waals surface area contributed by atoms with Gasteiger partial charge in [0.05, 0.1) is 0 Å². The van der Waals surface area contributed by atoms with Crippen molar-refractivity contribution < 1.29 is 9.53 Å². The van der Waals surface area contributed by atoms with Crippen LogP contribution in [0.2, 0.25) is 0 Å². The first-order valence-electron chi connectivity index (χ1n) is 6.02. The molecule has 16 heavy (non-hydrogen) atoms. The van der Waals surface area contributed by atoms with Gasteiger partial charge in [-0.1, -0.05) is 12.1 Å². The monoisotopic (exact) mass is 216 g/mol. The van der Waals surface area contributed by atoms with Crippen molar-refractivity contribution in [2.45, 2.75) is 38.7 Å². The predicted molar refractivity (Wildman–Crippen MR) is 61.6 cm³/mol. The molecular weight excluding hydrogens is 200 g/mol. The number of benzene rings is 1. The maximum Gasteiger partial charge on any atom is 0.173 e. The fraction of sp³-hybridized carbons (Fsp3) is 0.500. The van der Waals surface area contributed by atoms with Gasteiger partial charge in [0.15, 0.2) is 11.9 Å². The lowest BCUT2D eigenvalue weighted by molar-refractivity contribution is -0.125. The van der Waals surface area contributed by atoms with Crippen LogP contribution >= 0.6 is 0 Å². The summed E-state index contributed by atoms with van der Waals surface area (Å²) < 4.78 is 5.73. The molecule has 2 heteroatoms. The molecule has 0 radical (unpaired) electrons. The number of ketones is 1. The van der Waals surface area contributed by atoms with Crippen molar-refractivity contribution in [3.63, 3.8) is 0 Å². The standard InChI is InChI=1S/C14H16O2/c1-9-3-2-4-13-11(9)8-14(16-13)12(15)7-10-5-6-10/h2-4,10,14H,5-8H2,1H3. The largest absolute Gasteiger partial charge is 0.482 e. The van der Waals surface area contributed by atoms with E-state index in [-0.39, 0.29) is 11.9 Å². The maximum absolute atomic E-state index is 12.0. The molecule has 0 aromatic heterocycles. The second-order valence-corrected chi connectivity index (χ2v) is 4.98. The Bertz CT molecular complexity index is 432. The minimum absolute atomic E-state index is 0.211. The number of fused-ring (bicyclic) bond motifs is 1. The van der Waals surface area contributed by atoms with Gasteiger partial charge in [-0.05, 0) is 37.3 Å². The van der Waals surface area contributed by atoms with E-state index < -0.39 is 0 Å². The molecule has 1 heterocycles. The summed E-state index contributed by atoms with van der Waals surface area (Å²) in [7, 11) is 0. The lowest BCUT2D eigenvalue weighted by Crippen LogP contribution is -2.25. The molecule has 0 saturated heterocycles. The Balaban J connectivity index is 1.74. The minimum Gasteiger partial charge on any atom is -0.482 e.